The Labute approximate surface area is 120 Å². The lowest BCUT2D eigenvalue weighted by Crippen LogP contribution is -2.40. The van der Waals surface area contributed by atoms with Crippen molar-refractivity contribution < 1.29 is 24.6 Å². The van der Waals surface area contributed by atoms with Gasteiger partial charge in [-0.1, -0.05) is 0 Å². The third-order valence-electron chi connectivity index (χ3n) is 2.08. The zero-order valence-corrected chi connectivity index (χ0v) is 12.0. The maximum absolute atomic E-state index is 11.7. The van der Waals surface area contributed by atoms with Crippen molar-refractivity contribution in [2.75, 3.05) is 0 Å². The van der Waals surface area contributed by atoms with Gasteiger partial charge in [0.2, 0.25) is 0 Å². The molecule has 0 aromatic carbocycles. The lowest BCUT2D eigenvalue weighted by atomic mass is 10.1. The van der Waals surface area contributed by atoms with E-state index in [1.807, 2.05) is 0 Å². The van der Waals surface area contributed by atoms with Gasteiger partial charge < -0.3 is 15.5 Å². The van der Waals surface area contributed by atoms with E-state index in [0.29, 0.717) is 5.56 Å². The van der Waals surface area contributed by atoms with E-state index in [-0.39, 0.29) is 12.8 Å². The second kappa shape index (κ2) is 6.69. The van der Waals surface area contributed by atoms with Crippen molar-refractivity contribution in [2.45, 2.75) is 18.9 Å². The smallest absolute Gasteiger partial charge is 0.326 e. The van der Waals surface area contributed by atoms with Gasteiger partial charge in [-0.25, -0.2) is 4.79 Å². The fraction of sp³-hybridized carbons (Fsp3) is 0.300. The van der Waals surface area contributed by atoms with Crippen molar-refractivity contribution in [3.63, 3.8) is 0 Å². The van der Waals surface area contributed by atoms with Gasteiger partial charge in [-0.2, -0.15) is 0 Å². The number of carbonyl (C=O) groups excluding carboxylic acids is 1. The number of rotatable bonds is 6. The summed E-state index contributed by atoms with van der Waals surface area (Å²) < 4.78 is 0.912. The minimum atomic E-state index is -1.24. The van der Waals surface area contributed by atoms with Crippen molar-refractivity contribution >= 4 is 51.8 Å². The Morgan fingerprint density at radius 1 is 1.39 bits per heavy atom. The second-order valence-electron chi connectivity index (χ2n) is 3.44. The number of hydrogen-bond acceptors (Lipinski definition) is 4. The zero-order valence-electron chi connectivity index (χ0n) is 9.05. The van der Waals surface area contributed by atoms with E-state index in [0.717, 1.165) is 2.88 Å². The van der Waals surface area contributed by atoms with E-state index in [4.69, 9.17) is 10.2 Å². The van der Waals surface area contributed by atoms with Crippen molar-refractivity contribution in [2.24, 2.45) is 0 Å². The molecule has 0 bridgehead atoms. The number of thiophene rings is 1. The SMILES string of the molecule is O=C(O)CC[C@@H](NC(=O)c1csc(I)c1)C(=O)O. The van der Waals surface area contributed by atoms with Crippen molar-refractivity contribution in [1.82, 2.24) is 5.32 Å². The standard InChI is InChI=1S/C10H10INO5S/c11-7-3-5(4-18-7)9(15)12-6(10(16)17)1-2-8(13)14/h3-4,6H,1-2H2,(H,12,15)(H,13,14)(H,16,17)/t6-/m1/s1. The first-order valence-corrected chi connectivity index (χ1v) is 6.85. The van der Waals surface area contributed by atoms with E-state index < -0.39 is 23.9 Å². The maximum atomic E-state index is 11.7. The molecule has 0 saturated carbocycles. The number of aliphatic carboxylic acids is 2. The molecule has 1 heterocycles. The van der Waals surface area contributed by atoms with E-state index in [1.165, 1.54) is 11.3 Å². The van der Waals surface area contributed by atoms with E-state index >= 15 is 0 Å². The summed E-state index contributed by atoms with van der Waals surface area (Å²) in [7, 11) is 0. The highest BCUT2D eigenvalue weighted by Gasteiger charge is 2.21. The van der Waals surface area contributed by atoms with Crippen LogP contribution in [0.15, 0.2) is 11.4 Å². The van der Waals surface area contributed by atoms with Crippen LogP contribution in [0.2, 0.25) is 0 Å². The van der Waals surface area contributed by atoms with Crippen LogP contribution >= 0.6 is 33.9 Å². The Bertz CT molecular complexity index is 473. The normalized spacial score (nSPS) is 11.8. The fourth-order valence-corrected chi connectivity index (χ4v) is 2.52. The molecule has 1 aromatic heterocycles. The van der Waals surface area contributed by atoms with E-state index in [1.54, 1.807) is 11.4 Å². The van der Waals surface area contributed by atoms with Crippen LogP contribution in [0.5, 0.6) is 0 Å². The average Bonchev–Trinajstić information content (AvgIpc) is 2.70. The molecule has 0 aliphatic heterocycles. The number of nitrogens with one attached hydrogen (secondary N) is 1. The molecule has 3 N–H and O–H groups in total. The predicted octanol–water partition coefficient (Wildman–Crippen LogP) is 1.40. The van der Waals surface area contributed by atoms with Gasteiger partial charge in [0.1, 0.15) is 6.04 Å². The van der Waals surface area contributed by atoms with Crippen LogP contribution in [0, 0.1) is 2.88 Å². The van der Waals surface area contributed by atoms with Gasteiger partial charge in [-0.15, -0.1) is 11.3 Å². The third-order valence-corrected chi connectivity index (χ3v) is 3.87. The Hall–Kier alpha value is -1.16. The fourth-order valence-electron chi connectivity index (χ4n) is 1.20. The molecule has 0 spiro atoms. The number of carboxylic acids is 2. The molecule has 0 unspecified atom stereocenters. The van der Waals surface area contributed by atoms with Crippen molar-refractivity contribution in [1.29, 1.82) is 0 Å². The first kappa shape index (κ1) is 14.9. The van der Waals surface area contributed by atoms with Gasteiger partial charge in [-0.3, -0.25) is 9.59 Å². The van der Waals surface area contributed by atoms with Crippen molar-refractivity contribution in [3.8, 4) is 0 Å². The minimum absolute atomic E-state index is 0.141. The van der Waals surface area contributed by atoms with Gasteiger partial charge >= 0.3 is 11.9 Å². The summed E-state index contributed by atoms with van der Waals surface area (Å²) in [4.78, 5) is 33.0. The Kier molecular flexibility index (Phi) is 5.54. The molecular formula is C10H10INO5S. The lowest BCUT2D eigenvalue weighted by molar-refractivity contribution is -0.140. The van der Waals surface area contributed by atoms with Gasteiger partial charge in [0.25, 0.3) is 5.91 Å². The molecule has 18 heavy (non-hydrogen) atoms. The highest BCUT2D eigenvalue weighted by Crippen LogP contribution is 2.16. The number of amides is 1. The molecule has 6 nitrogen and oxygen atoms in total. The number of halogens is 1. The summed E-state index contributed by atoms with van der Waals surface area (Å²) in [5.41, 5.74) is 0.381. The molecule has 8 heteroatoms. The van der Waals surface area contributed by atoms with Gasteiger partial charge in [0.05, 0.1) is 8.45 Å². The summed E-state index contributed by atoms with van der Waals surface area (Å²) in [6.07, 6.45) is -0.448. The Balaban J connectivity index is 2.63. The summed E-state index contributed by atoms with van der Waals surface area (Å²) in [5.74, 6) is -2.85. The summed E-state index contributed by atoms with van der Waals surface area (Å²) >= 11 is 3.42. The molecule has 0 aliphatic rings. The summed E-state index contributed by atoms with van der Waals surface area (Å²) in [6, 6.07) is 0.447. The van der Waals surface area contributed by atoms with Crippen LogP contribution in [0.1, 0.15) is 23.2 Å². The van der Waals surface area contributed by atoms with E-state index in [9.17, 15) is 14.4 Å². The topological polar surface area (TPSA) is 104 Å². The van der Waals surface area contributed by atoms with Crippen LogP contribution < -0.4 is 5.32 Å². The molecule has 1 rings (SSSR count). The predicted molar refractivity (Wildman–Crippen MR) is 72.8 cm³/mol. The van der Waals surface area contributed by atoms with Gasteiger partial charge in [-0.05, 0) is 35.1 Å². The average molecular weight is 383 g/mol. The van der Waals surface area contributed by atoms with Crippen LogP contribution in [-0.4, -0.2) is 34.1 Å². The first-order chi connectivity index (χ1) is 8.40. The summed E-state index contributed by atoms with van der Waals surface area (Å²) in [5, 5.41) is 21.3. The highest BCUT2D eigenvalue weighted by atomic mass is 127. The molecular weight excluding hydrogens is 373 g/mol. The zero-order chi connectivity index (χ0) is 13.7. The Morgan fingerprint density at radius 2 is 2.06 bits per heavy atom. The second-order valence-corrected chi connectivity index (χ2v) is 6.24. The first-order valence-electron chi connectivity index (χ1n) is 4.89. The molecule has 0 radical (unpaired) electrons. The molecule has 0 aliphatic carbocycles. The number of hydrogen-bond donors (Lipinski definition) is 3. The van der Waals surface area contributed by atoms with E-state index in [2.05, 4.69) is 27.9 Å². The molecule has 1 aromatic rings. The van der Waals surface area contributed by atoms with Crippen LogP contribution in [-0.2, 0) is 9.59 Å². The molecule has 0 fully saturated rings. The quantitative estimate of drug-likeness (QED) is 0.645. The molecule has 1 amide bonds. The van der Waals surface area contributed by atoms with Crippen LogP contribution in [0.4, 0.5) is 0 Å². The molecule has 98 valence electrons. The monoisotopic (exact) mass is 383 g/mol. The van der Waals surface area contributed by atoms with Crippen LogP contribution in [0.3, 0.4) is 0 Å². The number of carboxylic acid groups (broad SMARTS) is 2. The minimum Gasteiger partial charge on any atom is -0.481 e. The Morgan fingerprint density at radius 3 is 2.50 bits per heavy atom. The van der Waals surface area contributed by atoms with Gasteiger partial charge in [0.15, 0.2) is 0 Å². The van der Waals surface area contributed by atoms with Gasteiger partial charge in [0, 0.05) is 11.8 Å². The highest BCUT2D eigenvalue weighted by molar-refractivity contribution is 14.1. The van der Waals surface area contributed by atoms with Crippen LogP contribution in [0.25, 0.3) is 0 Å². The third kappa shape index (κ3) is 4.61. The number of carbonyl (C=O) groups is 3. The lowest BCUT2D eigenvalue weighted by Gasteiger charge is -2.12. The molecule has 0 saturated heterocycles. The summed E-state index contributed by atoms with van der Waals surface area (Å²) in [6.45, 7) is 0. The largest absolute Gasteiger partial charge is 0.481 e. The maximum Gasteiger partial charge on any atom is 0.326 e. The molecule has 1 atom stereocenters. The van der Waals surface area contributed by atoms with Crippen molar-refractivity contribution in [3.05, 3.63) is 19.9 Å².